The van der Waals surface area contributed by atoms with E-state index >= 15 is 0 Å². The molecule has 0 aromatic carbocycles. The summed E-state index contributed by atoms with van der Waals surface area (Å²) in [5, 5.41) is 0. The lowest BCUT2D eigenvalue weighted by Crippen LogP contribution is -2.03. The topological polar surface area (TPSA) is 35.5 Å². The third-order valence-electron chi connectivity index (χ3n) is 1.41. The van der Waals surface area contributed by atoms with Gasteiger partial charge >= 0.3 is 5.97 Å². The second kappa shape index (κ2) is 8.18. The molecular weight excluding hydrogens is 180 g/mol. The number of terminal acetylenes is 1. The van der Waals surface area contributed by atoms with Crippen molar-refractivity contribution in [2.45, 2.75) is 26.7 Å². The monoisotopic (exact) mass is 196 g/mol. The molecule has 0 saturated carbocycles. The minimum Gasteiger partial charge on any atom is -0.498 e. The summed E-state index contributed by atoms with van der Waals surface area (Å²) in [6.45, 7) is 4.50. The Labute approximate surface area is 85.1 Å². The molecule has 3 nitrogen and oxygen atoms in total. The highest BCUT2D eigenvalue weighted by atomic mass is 16.5. The van der Waals surface area contributed by atoms with Crippen LogP contribution in [0.25, 0.3) is 0 Å². The summed E-state index contributed by atoms with van der Waals surface area (Å²) in [6, 6.07) is 0. The average molecular weight is 196 g/mol. The van der Waals surface area contributed by atoms with E-state index in [9.17, 15) is 4.79 Å². The zero-order valence-corrected chi connectivity index (χ0v) is 8.71. The second-order valence-electron chi connectivity index (χ2n) is 2.50. The van der Waals surface area contributed by atoms with E-state index < -0.39 is 0 Å². The van der Waals surface area contributed by atoms with Gasteiger partial charge in [-0.25, -0.2) is 4.79 Å². The fourth-order valence-electron chi connectivity index (χ4n) is 0.882. The van der Waals surface area contributed by atoms with Crippen molar-refractivity contribution in [2.75, 3.05) is 13.2 Å². The Kier molecular flexibility index (Phi) is 7.35. The molecule has 0 saturated heterocycles. The molecule has 0 aromatic rings. The molecular formula is C11H16O3. The molecule has 78 valence electrons. The van der Waals surface area contributed by atoms with Crippen LogP contribution >= 0.6 is 0 Å². The van der Waals surface area contributed by atoms with Gasteiger partial charge in [-0.15, -0.1) is 12.3 Å². The van der Waals surface area contributed by atoms with Gasteiger partial charge in [-0.2, -0.15) is 0 Å². The molecule has 0 aliphatic heterocycles. The maximum Gasteiger partial charge on any atom is 0.334 e. The summed E-state index contributed by atoms with van der Waals surface area (Å²) < 4.78 is 9.98. The van der Waals surface area contributed by atoms with Gasteiger partial charge in [0.15, 0.2) is 0 Å². The van der Waals surface area contributed by atoms with Crippen LogP contribution in [-0.4, -0.2) is 19.2 Å². The molecule has 3 heteroatoms. The zero-order chi connectivity index (χ0) is 10.8. The van der Waals surface area contributed by atoms with E-state index in [1.165, 1.54) is 6.08 Å². The lowest BCUT2D eigenvalue weighted by molar-refractivity contribution is -0.137. The smallest absolute Gasteiger partial charge is 0.334 e. The summed E-state index contributed by atoms with van der Waals surface area (Å²) in [6.07, 6.45) is 7.60. The molecule has 14 heavy (non-hydrogen) atoms. The maximum atomic E-state index is 11.1. The standard InChI is InChI=1S/C11H16O3/c1-4-7-8-10(13-5-2)9-11(12)14-6-3/h1,9H,5-8H2,2-3H3. The Balaban J connectivity index is 4.16. The Morgan fingerprint density at radius 1 is 1.36 bits per heavy atom. The van der Waals surface area contributed by atoms with E-state index in [0.29, 0.717) is 31.8 Å². The van der Waals surface area contributed by atoms with Crippen LogP contribution in [-0.2, 0) is 14.3 Å². The molecule has 0 heterocycles. The van der Waals surface area contributed by atoms with Crippen LogP contribution in [0.3, 0.4) is 0 Å². The minimum atomic E-state index is -0.382. The molecule has 0 aliphatic carbocycles. The quantitative estimate of drug-likeness (QED) is 0.281. The molecule has 0 aliphatic rings. The van der Waals surface area contributed by atoms with Gasteiger partial charge in [0.1, 0.15) is 5.76 Å². The van der Waals surface area contributed by atoms with Crippen LogP contribution in [0.2, 0.25) is 0 Å². The molecule has 0 aromatic heterocycles. The number of esters is 1. The van der Waals surface area contributed by atoms with Crippen LogP contribution in [0, 0.1) is 12.3 Å². The molecule has 0 N–H and O–H groups in total. The molecule has 0 bridgehead atoms. The summed E-state index contributed by atoms with van der Waals surface area (Å²) >= 11 is 0. The van der Waals surface area contributed by atoms with Crippen molar-refractivity contribution in [3.05, 3.63) is 11.8 Å². The minimum absolute atomic E-state index is 0.365. The van der Waals surface area contributed by atoms with E-state index in [1.54, 1.807) is 6.92 Å². The van der Waals surface area contributed by atoms with E-state index in [1.807, 2.05) is 6.92 Å². The van der Waals surface area contributed by atoms with Crippen molar-refractivity contribution in [3.63, 3.8) is 0 Å². The first kappa shape index (κ1) is 12.6. The average Bonchev–Trinajstić information content (AvgIpc) is 2.15. The van der Waals surface area contributed by atoms with Gasteiger partial charge in [0.2, 0.25) is 0 Å². The third kappa shape index (κ3) is 6.13. The van der Waals surface area contributed by atoms with Crippen molar-refractivity contribution in [1.82, 2.24) is 0 Å². The summed E-state index contributed by atoms with van der Waals surface area (Å²) in [5.41, 5.74) is 0. The van der Waals surface area contributed by atoms with Crippen LogP contribution < -0.4 is 0 Å². The Morgan fingerprint density at radius 2 is 2.00 bits per heavy atom. The van der Waals surface area contributed by atoms with Crippen LogP contribution in [0.5, 0.6) is 0 Å². The van der Waals surface area contributed by atoms with Crippen molar-refractivity contribution in [1.29, 1.82) is 0 Å². The van der Waals surface area contributed by atoms with Crippen LogP contribution in [0.1, 0.15) is 26.7 Å². The predicted molar refractivity (Wildman–Crippen MR) is 54.4 cm³/mol. The van der Waals surface area contributed by atoms with E-state index in [0.717, 1.165) is 0 Å². The SMILES string of the molecule is C#CCCC(=CC(=O)OCC)OCC. The number of ether oxygens (including phenoxy) is 2. The van der Waals surface area contributed by atoms with Crippen LogP contribution in [0.15, 0.2) is 11.8 Å². The van der Waals surface area contributed by atoms with Crippen LogP contribution in [0.4, 0.5) is 0 Å². The number of allylic oxidation sites excluding steroid dienone is 1. The lowest BCUT2D eigenvalue weighted by Gasteiger charge is -2.06. The molecule has 0 fully saturated rings. The van der Waals surface area contributed by atoms with Gasteiger partial charge in [0.05, 0.1) is 19.3 Å². The first-order chi connectivity index (χ1) is 6.74. The first-order valence-electron chi connectivity index (χ1n) is 4.68. The molecule has 0 radical (unpaired) electrons. The van der Waals surface area contributed by atoms with E-state index in [4.69, 9.17) is 15.9 Å². The van der Waals surface area contributed by atoms with Gasteiger partial charge < -0.3 is 9.47 Å². The third-order valence-corrected chi connectivity index (χ3v) is 1.41. The van der Waals surface area contributed by atoms with Crippen molar-refractivity contribution in [2.24, 2.45) is 0 Å². The number of rotatable bonds is 6. The highest BCUT2D eigenvalue weighted by molar-refractivity contribution is 5.82. The molecule has 0 rings (SSSR count). The number of carbonyl (C=O) groups excluding carboxylic acids is 1. The lowest BCUT2D eigenvalue weighted by atomic mass is 10.2. The second-order valence-corrected chi connectivity index (χ2v) is 2.50. The van der Waals surface area contributed by atoms with Gasteiger partial charge in [0, 0.05) is 12.8 Å². The summed E-state index contributed by atoms with van der Waals surface area (Å²) in [7, 11) is 0. The van der Waals surface area contributed by atoms with Gasteiger partial charge in [0.25, 0.3) is 0 Å². The van der Waals surface area contributed by atoms with Crippen molar-refractivity contribution >= 4 is 5.97 Å². The zero-order valence-electron chi connectivity index (χ0n) is 8.71. The predicted octanol–water partition coefficient (Wildman–Crippen LogP) is 1.88. The fraction of sp³-hybridized carbons (Fsp3) is 0.545. The van der Waals surface area contributed by atoms with E-state index in [2.05, 4.69) is 5.92 Å². The van der Waals surface area contributed by atoms with Gasteiger partial charge in [-0.05, 0) is 13.8 Å². The Morgan fingerprint density at radius 3 is 2.50 bits per heavy atom. The highest BCUT2D eigenvalue weighted by Gasteiger charge is 2.02. The Bertz CT molecular complexity index is 235. The molecule has 0 spiro atoms. The number of hydrogen-bond acceptors (Lipinski definition) is 3. The van der Waals surface area contributed by atoms with Crippen molar-refractivity contribution < 1.29 is 14.3 Å². The number of hydrogen-bond donors (Lipinski definition) is 0. The molecule has 0 amide bonds. The highest BCUT2D eigenvalue weighted by Crippen LogP contribution is 2.06. The van der Waals surface area contributed by atoms with E-state index in [-0.39, 0.29) is 5.97 Å². The number of carbonyl (C=O) groups is 1. The first-order valence-corrected chi connectivity index (χ1v) is 4.68. The van der Waals surface area contributed by atoms with Gasteiger partial charge in [-0.3, -0.25) is 0 Å². The largest absolute Gasteiger partial charge is 0.498 e. The summed E-state index contributed by atoms with van der Waals surface area (Å²) in [4.78, 5) is 11.1. The van der Waals surface area contributed by atoms with Crippen molar-refractivity contribution in [3.8, 4) is 12.3 Å². The molecule has 0 unspecified atom stereocenters. The normalized spacial score (nSPS) is 10.5. The fourth-order valence-corrected chi connectivity index (χ4v) is 0.882. The maximum absolute atomic E-state index is 11.1. The summed E-state index contributed by atoms with van der Waals surface area (Å²) in [5.74, 6) is 2.69. The Hall–Kier alpha value is -1.43. The molecule has 0 atom stereocenters. The van der Waals surface area contributed by atoms with Gasteiger partial charge in [-0.1, -0.05) is 0 Å².